The van der Waals surface area contributed by atoms with Crippen molar-refractivity contribution in [2.45, 2.75) is 13.5 Å². The van der Waals surface area contributed by atoms with Gasteiger partial charge >= 0.3 is 0 Å². The molecule has 0 fully saturated rings. The Hall–Kier alpha value is -2.43. The van der Waals surface area contributed by atoms with Gasteiger partial charge in [-0.25, -0.2) is 14.4 Å². The number of hydrogen-bond acceptors (Lipinski definition) is 3. The topological polar surface area (TPSA) is 43.9 Å². The van der Waals surface area contributed by atoms with Crippen LogP contribution in [0.15, 0.2) is 47.3 Å². The molecule has 2 aromatic heterocycles. The second kappa shape index (κ2) is 4.68. The monoisotopic (exact) mass is 257 g/mol. The second-order valence-electron chi connectivity index (χ2n) is 4.25. The predicted octanol–water partition coefficient (Wildman–Crippen LogP) is 3.03. The third kappa shape index (κ3) is 2.40. The summed E-state index contributed by atoms with van der Waals surface area (Å²) in [4.78, 5) is 8.54. The van der Waals surface area contributed by atoms with Gasteiger partial charge in [-0.1, -0.05) is 0 Å². The first kappa shape index (κ1) is 11.6. The van der Waals surface area contributed by atoms with E-state index in [1.54, 1.807) is 24.6 Å². The summed E-state index contributed by atoms with van der Waals surface area (Å²) in [6.45, 7) is 2.54. The summed E-state index contributed by atoms with van der Waals surface area (Å²) in [5.41, 5.74) is 1.57. The summed E-state index contributed by atoms with van der Waals surface area (Å²) in [6, 6.07) is 6.07. The quantitative estimate of drug-likeness (QED) is 0.724. The van der Waals surface area contributed by atoms with E-state index in [0.29, 0.717) is 12.4 Å². The van der Waals surface area contributed by atoms with E-state index in [1.807, 2.05) is 17.7 Å². The zero-order valence-electron chi connectivity index (χ0n) is 10.4. The summed E-state index contributed by atoms with van der Waals surface area (Å²) in [5, 5.41) is 0. The first-order valence-corrected chi connectivity index (χ1v) is 5.90. The molecule has 0 saturated carbocycles. The molecule has 2 heterocycles. The number of aromatic nitrogens is 3. The Morgan fingerprint density at radius 2 is 2.05 bits per heavy atom. The Morgan fingerprint density at radius 3 is 2.74 bits per heavy atom. The maximum atomic E-state index is 12.8. The predicted molar refractivity (Wildman–Crippen MR) is 68.0 cm³/mol. The van der Waals surface area contributed by atoms with Crippen molar-refractivity contribution in [1.29, 1.82) is 0 Å². The van der Waals surface area contributed by atoms with E-state index in [9.17, 15) is 4.39 Å². The van der Waals surface area contributed by atoms with Crippen molar-refractivity contribution in [3.05, 3.63) is 60.3 Å². The highest BCUT2D eigenvalue weighted by atomic mass is 19.1. The van der Waals surface area contributed by atoms with Crippen molar-refractivity contribution in [2.24, 2.45) is 0 Å². The van der Waals surface area contributed by atoms with Crippen molar-refractivity contribution in [3.63, 3.8) is 0 Å². The van der Waals surface area contributed by atoms with Crippen LogP contribution >= 0.6 is 0 Å². The minimum atomic E-state index is -0.274. The Balaban J connectivity index is 1.83. The van der Waals surface area contributed by atoms with Gasteiger partial charge in [0.25, 0.3) is 0 Å². The largest absolute Gasteiger partial charge is 0.444 e. The molecule has 0 saturated heterocycles. The van der Waals surface area contributed by atoms with Crippen molar-refractivity contribution in [1.82, 2.24) is 14.5 Å². The van der Waals surface area contributed by atoms with Crippen LogP contribution in [0.2, 0.25) is 0 Å². The number of aryl methyl sites for hydroxylation is 1. The van der Waals surface area contributed by atoms with Crippen LogP contribution < -0.4 is 0 Å². The van der Waals surface area contributed by atoms with Crippen molar-refractivity contribution >= 4 is 0 Å². The zero-order chi connectivity index (χ0) is 13.2. The normalized spacial score (nSPS) is 10.8. The van der Waals surface area contributed by atoms with Gasteiger partial charge in [0, 0.05) is 18.0 Å². The molecule has 0 N–H and O–H groups in total. The van der Waals surface area contributed by atoms with Crippen LogP contribution in [-0.2, 0) is 6.54 Å². The molecule has 19 heavy (non-hydrogen) atoms. The fraction of sp³-hybridized carbons (Fsp3) is 0.143. The first-order chi connectivity index (χ1) is 9.22. The fourth-order valence-corrected chi connectivity index (χ4v) is 1.85. The number of oxazole rings is 1. The molecule has 3 rings (SSSR count). The van der Waals surface area contributed by atoms with E-state index in [2.05, 4.69) is 9.97 Å². The van der Waals surface area contributed by atoms with Crippen molar-refractivity contribution in [2.75, 3.05) is 0 Å². The van der Waals surface area contributed by atoms with E-state index in [0.717, 1.165) is 17.1 Å². The molecule has 0 unspecified atom stereocenters. The number of benzene rings is 1. The fourth-order valence-electron chi connectivity index (χ4n) is 1.85. The molecule has 0 amide bonds. The van der Waals surface area contributed by atoms with E-state index in [1.165, 1.54) is 12.1 Å². The molecule has 0 aliphatic heterocycles. The van der Waals surface area contributed by atoms with Gasteiger partial charge in [0.05, 0.1) is 12.2 Å². The van der Waals surface area contributed by atoms with E-state index in [4.69, 9.17) is 4.42 Å². The van der Waals surface area contributed by atoms with Crippen LogP contribution in [0.5, 0.6) is 0 Å². The number of hydrogen-bond donors (Lipinski definition) is 0. The van der Waals surface area contributed by atoms with Gasteiger partial charge in [-0.05, 0) is 31.2 Å². The highest BCUT2D eigenvalue weighted by Gasteiger charge is 2.08. The lowest BCUT2D eigenvalue weighted by molar-refractivity contribution is 0.570. The Bertz CT molecular complexity index is 685. The molecule has 3 aromatic rings. The summed E-state index contributed by atoms with van der Waals surface area (Å²) < 4.78 is 20.2. The van der Waals surface area contributed by atoms with Gasteiger partial charge in [0.1, 0.15) is 17.9 Å². The van der Waals surface area contributed by atoms with Crippen LogP contribution in [0.3, 0.4) is 0 Å². The highest BCUT2D eigenvalue weighted by molar-refractivity contribution is 5.52. The molecule has 4 nitrogen and oxygen atoms in total. The van der Waals surface area contributed by atoms with Gasteiger partial charge in [-0.15, -0.1) is 0 Å². The Labute approximate surface area is 109 Å². The molecular weight excluding hydrogens is 245 g/mol. The van der Waals surface area contributed by atoms with Gasteiger partial charge < -0.3 is 8.98 Å². The number of imidazole rings is 1. The maximum Gasteiger partial charge on any atom is 0.226 e. The van der Waals surface area contributed by atoms with Crippen LogP contribution in [-0.4, -0.2) is 14.5 Å². The molecule has 0 bridgehead atoms. The summed E-state index contributed by atoms with van der Waals surface area (Å²) >= 11 is 0. The van der Waals surface area contributed by atoms with E-state index < -0.39 is 0 Å². The van der Waals surface area contributed by atoms with Crippen molar-refractivity contribution in [3.8, 4) is 11.5 Å². The Morgan fingerprint density at radius 1 is 1.26 bits per heavy atom. The van der Waals surface area contributed by atoms with E-state index >= 15 is 0 Å². The first-order valence-electron chi connectivity index (χ1n) is 5.90. The molecule has 0 aliphatic rings. The lowest BCUT2D eigenvalue weighted by atomic mass is 10.2. The summed E-state index contributed by atoms with van der Waals surface area (Å²) in [5.74, 6) is 1.14. The smallest absolute Gasteiger partial charge is 0.226 e. The minimum absolute atomic E-state index is 0.274. The molecule has 0 spiro atoms. The molecule has 0 radical (unpaired) electrons. The molecule has 0 atom stereocenters. The van der Waals surface area contributed by atoms with Crippen molar-refractivity contribution < 1.29 is 8.81 Å². The number of nitrogens with zero attached hydrogens (tertiary/aromatic N) is 3. The zero-order valence-corrected chi connectivity index (χ0v) is 10.4. The van der Waals surface area contributed by atoms with Gasteiger partial charge in [-0.2, -0.15) is 0 Å². The van der Waals surface area contributed by atoms with Gasteiger partial charge in [0.2, 0.25) is 5.89 Å². The number of halogens is 1. The summed E-state index contributed by atoms with van der Waals surface area (Å²) in [7, 11) is 0. The van der Waals surface area contributed by atoms with Gasteiger partial charge in [-0.3, -0.25) is 0 Å². The molecule has 5 heteroatoms. The van der Waals surface area contributed by atoms with Crippen LogP contribution in [0.25, 0.3) is 11.5 Å². The SMILES string of the molecule is Cc1nccn1Cc1coc(-c2ccc(F)cc2)n1. The minimum Gasteiger partial charge on any atom is -0.444 e. The van der Waals surface area contributed by atoms with Crippen LogP contribution in [0.1, 0.15) is 11.5 Å². The molecule has 0 aliphatic carbocycles. The Kier molecular flexibility index (Phi) is 2.87. The lowest BCUT2D eigenvalue weighted by Crippen LogP contribution is -2.00. The molecule has 1 aromatic carbocycles. The average molecular weight is 257 g/mol. The lowest BCUT2D eigenvalue weighted by Gasteiger charge is -2.00. The van der Waals surface area contributed by atoms with Crippen LogP contribution in [0.4, 0.5) is 4.39 Å². The van der Waals surface area contributed by atoms with E-state index in [-0.39, 0.29) is 5.82 Å². The highest BCUT2D eigenvalue weighted by Crippen LogP contribution is 2.19. The van der Waals surface area contributed by atoms with Gasteiger partial charge in [0.15, 0.2) is 0 Å². The molecule has 96 valence electrons. The average Bonchev–Trinajstić information content (AvgIpc) is 3.01. The number of rotatable bonds is 3. The standard InChI is InChI=1S/C14H12FN3O/c1-10-16-6-7-18(10)8-13-9-19-14(17-13)11-2-4-12(15)5-3-11/h2-7,9H,8H2,1H3. The second-order valence-corrected chi connectivity index (χ2v) is 4.25. The third-order valence-corrected chi connectivity index (χ3v) is 2.90. The third-order valence-electron chi connectivity index (χ3n) is 2.90. The summed E-state index contributed by atoms with van der Waals surface area (Å²) in [6.07, 6.45) is 5.25. The maximum absolute atomic E-state index is 12.8. The molecular formula is C14H12FN3O. The van der Waals surface area contributed by atoms with Crippen LogP contribution in [0, 0.1) is 12.7 Å².